The maximum atomic E-state index is 13.2. The number of hydrogen-bond acceptors (Lipinski definition) is 2. The highest BCUT2D eigenvalue weighted by atomic mass is 16.5. The third-order valence-electron chi connectivity index (χ3n) is 5.93. The molecule has 0 aliphatic heterocycles. The molecule has 1 aromatic rings. The Bertz CT molecular complexity index is 525. The molecule has 0 N–H and O–H groups in total. The second-order valence-corrected chi connectivity index (χ2v) is 7.49. The van der Waals surface area contributed by atoms with Crippen LogP contribution in [-0.2, 0) is 0 Å². The Hall–Kier alpha value is -1.31. The molecule has 2 nitrogen and oxygen atoms in total. The van der Waals surface area contributed by atoms with Gasteiger partial charge in [-0.1, -0.05) is 12.1 Å². The summed E-state index contributed by atoms with van der Waals surface area (Å²) in [5.74, 6) is 3.66. The molecule has 0 heterocycles. The van der Waals surface area contributed by atoms with Gasteiger partial charge in [0.05, 0.1) is 6.61 Å². The van der Waals surface area contributed by atoms with Crippen molar-refractivity contribution in [1.82, 2.24) is 0 Å². The van der Waals surface area contributed by atoms with Crippen LogP contribution in [0.1, 0.15) is 55.8 Å². The van der Waals surface area contributed by atoms with Crippen LogP contribution >= 0.6 is 0 Å². The SMILES string of the molecule is CCOc1cccc(C(=O)C23CC4CC(CC(C4)C2)C3)c1. The molecule has 5 rings (SSSR count). The molecule has 0 aromatic heterocycles. The van der Waals surface area contributed by atoms with E-state index in [1.165, 1.54) is 19.3 Å². The quantitative estimate of drug-likeness (QED) is 0.762. The first kappa shape index (κ1) is 13.4. The minimum atomic E-state index is -0.0421. The Morgan fingerprint density at radius 3 is 2.33 bits per heavy atom. The molecule has 4 aliphatic carbocycles. The second-order valence-electron chi connectivity index (χ2n) is 7.49. The summed E-state index contributed by atoms with van der Waals surface area (Å²) < 4.78 is 5.56. The van der Waals surface area contributed by atoms with Gasteiger partial charge in [-0.25, -0.2) is 0 Å². The fourth-order valence-electron chi connectivity index (χ4n) is 5.59. The Morgan fingerprint density at radius 1 is 1.14 bits per heavy atom. The summed E-state index contributed by atoms with van der Waals surface area (Å²) in [5, 5.41) is 0. The molecule has 112 valence electrons. The van der Waals surface area contributed by atoms with E-state index < -0.39 is 0 Å². The van der Waals surface area contributed by atoms with Crippen LogP contribution in [0.5, 0.6) is 5.75 Å². The average Bonchev–Trinajstić information content (AvgIpc) is 2.46. The molecule has 4 fully saturated rings. The minimum Gasteiger partial charge on any atom is -0.494 e. The number of hydrogen-bond donors (Lipinski definition) is 0. The Morgan fingerprint density at radius 2 is 1.76 bits per heavy atom. The van der Waals surface area contributed by atoms with Crippen LogP contribution in [-0.4, -0.2) is 12.4 Å². The molecule has 0 atom stereocenters. The molecule has 0 unspecified atom stereocenters. The molecular weight excluding hydrogens is 260 g/mol. The van der Waals surface area contributed by atoms with Gasteiger partial charge in [0.25, 0.3) is 0 Å². The third kappa shape index (κ3) is 2.20. The summed E-state index contributed by atoms with van der Waals surface area (Å²) in [5.41, 5.74) is 0.822. The molecule has 0 radical (unpaired) electrons. The Kier molecular flexibility index (Phi) is 3.09. The topological polar surface area (TPSA) is 26.3 Å². The molecule has 4 saturated carbocycles. The highest BCUT2D eigenvalue weighted by molar-refractivity contribution is 6.01. The number of Topliss-reactive ketones (excluding diaryl/α,β-unsaturated/α-hetero) is 1. The van der Waals surface area contributed by atoms with Crippen LogP contribution in [0, 0.1) is 23.2 Å². The number of rotatable bonds is 4. The van der Waals surface area contributed by atoms with Gasteiger partial charge >= 0.3 is 0 Å². The van der Waals surface area contributed by atoms with Gasteiger partial charge in [-0.3, -0.25) is 4.79 Å². The van der Waals surface area contributed by atoms with E-state index in [2.05, 4.69) is 0 Å². The maximum absolute atomic E-state index is 13.2. The first-order chi connectivity index (χ1) is 10.2. The van der Waals surface area contributed by atoms with Gasteiger partial charge < -0.3 is 4.74 Å². The van der Waals surface area contributed by atoms with Crippen molar-refractivity contribution in [2.75, 3.05) is 6.61 Å². The van der Waals surface area contributed by atoms with E-state index in [0.29, 0.717) is 12.4 Å². The molecule has 1 aromatic carbocycles. The summed E-state index contributed by atoms with van der Waals surface area (Å²) >= 11 is 0. The van der Waals surface area contributed by atoms with E-state index in [1.54, 1.807) is 0 Å². The van der Waals surface area contributed by atoms with Crippen LogP contribution in [0.3, 0.4) is 0 Å². The smallest absolute Gasteiger partial charge is 0.169 e. The lowest BCUT2D eigenvalue weighted by atomic mass is 9.48. The first-order valence-corrected chi connectivity index (χ1v) is 8.46. The van der Waals surface area contributed by atoms with Crippen molar-refractivity contribution in [2.45, 2.75) is 45.4 Å². The predicted octanol–water partition coefficient (Wildman–Crippen LogP) is 4.48. The Labute approximate surface area is 126 Å². The molecule has 0 amide bonds. The van der Waals surface area contributed by atoms with E-state index in [4.69, 9.17) is 4.74 Å². The van der Waals surface area contributed by atoms with Gasteiger partial charge in [0.15, 0.2) is 5.78 Å². The number of ketones is 1. The predicted molar refractivity (Wildman–Crippen MR) is 82.5 cm³/mol. The van der Waals surface area contributed by atoms with Gasteiger partial charge in [0.2, 0.25) is 0 Å². The van der Waals surface area contributed by atoms with Crippen LogP contribution in [0.25, 0.3) is 0 Å². The lowest BCUT2D eigenvalue weighted by Crippen LogP contribution is -2.50. The zero-order valence-corrected chi connectivity index (χ0v) is 12.8. The van der Waals surface area contributed by atoms with Crippen LogP contribution in [0.4, 0.5) is 0 Å². The van der Waals surface area contributed by atoms with Crippen molar-refractivity contribution < 1.29 is 9.53 Å². The average molecular weight is 284 g/mol. The number of carbonyl (C=O) groups is 1. The maximum Gasteiger partial charge on any atom is 0.169 e. The van der Waals surface area contributed by atoms with E-state index in [0.717, 1.165) is 48.3 Å². The zero-order valence-electron chi connectivity index (χ0n) is 12.8. The largest absolute Gasteiger partial charge is 0.494 e. The molecule has 0 spiro atoms. The van der Waals surface area contributed by atoms with Crippen molar-refractivity contribution in [3.05, 3.63) is 29.8 Å². The summed E-state index contributed by atoms with van der Waals surface area (Å²) in [6, 6.07) is 7.83. The molecule has 4 aliphatic rings. The summed E-state index contributed by atoms with van der Waals surface area (Å²) in [4.78, 5) is 13.2. The summed E-state index contributed by atoms with van der Waals surface area (Å²) in [6.07, 6.45) is 7.55. The zero-order chi connectivity index (χ0) is 14.4. The molecule has 2 heteroatoms. The lowest BCUT2D eigenvalue weighted by molar-refractivity contribution is -0.0353. The van der Waals surface area contributed by atoms with E-state index in [1.807, 2.05) is 31.2 Å². The van der Waals surface area contributed by atoms with Crippen molar-refractivity contribution in [2.24, 2.45) is 23.2 Å². The van der Waals surface area contributed by atoms with Gasteiger partial charge in [-0.2, -0.15) is 0 Å². The van der Waals surface area contributed by atoms with E-state index >= 15 is 0 Å². The number of ether oxygens (including phenoxy) is 1. The van der Waals surface area contributed by atoms with Gasteiger partial charge in [0.1, 0.15) is 5.75 Å². The fourth-order valence-corrected chi connectivity index (χ4v) is 5.59. The van der Waals surface area contributed by atoms with Gasteiger partial charge in [-0.15, -0.1) is 0 Å². The molecule has 21 heavy (non-hydrogen) atoms. The standard InChI is InChI=1S/C19H24O2/c1-2-21-17-5-3-4-16(9-17)18(20)19-10-13-6-14(11-19)8-15(7-13)12-19/h3-5,9,13-15H,2,6-8,10-12H2,1H3. The normalized spacial score (nSPS) is 36.7. The number of benzene rings is 1. The Balaban J connectivity index is 1.64. The third-order valence-corrected chi connectivity index (χ3v) is 5.93. The van der Waals surface area contributed by atoms with E-state index in [9.17, 15) is 4.79 Å². The van der Waals surface area contributed by atoms with Crippen LogP contribution in [0.2, 0.25) is 0 Å². The fraction of sp³-hybridized carbons (Fsp3) is 0.632. The van der Waals surface area contributed by atoms with Crippen molar-refractivity contribution in [3.8, 4) is 5.75 Å². The summed E-state index contributed by atoms with van der Waals surface area (Å²) in [6.45, 7) is 2.63. The highest BCUT2D eigenvalue weighted by Gasteiger charge is 2.54. The molecule has 0 saturated heterocycles. The van der Waals surface area contributed by atoms with Crippen molar-refractivity contribution >= 4 is 5.78 Å². The monoisotopic (exact) mass is 284 g/mol. The minimum absolute atomic E-state index is 0.0421. The summed E-state index contributed by atoms with van der Waals surface area (Å²) in [7, 11) is 0. The molecule has 4 bridgehead atoms. The van der Waals surface area contributed by atoms with Crippen molar-refractivity contribution in [1.29, 1.82) is 0 Å². The highest BCUT2D eigenvalue weighted by Crippen LogP contribution is 2.60. The van der Waals surface area contributed by atoms with Crippen LogP contribution in [0.15, 0.2) is 24.3 Å². The second kappa shape index (κ2) is 4.86. The van der Waals surface area contributed by atoms with E-state index in [-0.39, 0.29) is 5.41 Å². The van der Waals surface area contributed by atoms with Gasteiger partial charge in [-0.05, 0) is 75.3 Å². The van der Waals surface area contributed by atoms with Gasteiger partial charge in [0, 0.05) is 11.0 Å². The molecular formula is C19H24O2. The lowest BCUT2D eigenvalue weighted by Gasteiger charge is -2.56. The number of carbonyl (C=O) groups excluding carboxylic acids is 1. The van der Waals surface area contributed by atoms with Crippen molar-refractivity contribution in [3.63, 3.8) is 0 Å². The van der Waals surface area contributed by atoms with Crippen LogP contribution < -0.4 is 4.74 Å². The first-order valence-electron chi connectivity index (χ1n) is 8.46.